The fraction of sp³-hybridized carbons (Fsp3) is 0.647. The minimum absolute atomic E-state index is 0.618. The highest BCUT2D eigenvalue weighted by molar-refractivity contribution is 5.23. The molecule has 20 heavy (non-hydrogen) atoms. The minimum Gasteiger partial charge on any atom is -0.380 e. The molecule has 2 rings (SSSR count). The molecule has 1 heterocycles. The van der Waals surface area contributed by atoms with Crippen molar-refractivity contribution in [2.45, 2.75) is 45.5 Å². The van der Waals surface area contributed by atoms with Gasteiger partial charge < -0.3 is 15.0 Å². The third-order valence-electron chi connectivity index (χ3n) is 4.48. The zero-order chi connectivity index (χ0) is 14.5. The standard InChI is InChI=1S/C17H28N2O/c1-13-11-19(3)14(2)8-17(13)18-10-15-6-5-7-16(9-15)12-20-4/h5-7,9,13-14,17-18H,8,10-12H2,1-4H3. The summed E-state index contributed by atoms with van der Waals surface area (Å²) in [6.45, 7) is 7.49. The van der Waals surface area contributed by atoms with Gasteiger partial charge >= 0.3 is 0 Å². The predicted molar refractivity (Wildman–Crippen MR) is 83.7 cm³/mol. The molecule has 3 atom stereocenters. The lowest BCUT2D eigenvalue weighted by Gasteiger charge is -2.40. The Morgan fingerprint density at radius 3 is 2.80 bits per heavy atom. The van der Waals surface area contributed by atoms with Gasteiger partial charge in [0.1, 0.15) is 0 Å². The van der Waals surface area contributed by atoms with Crippen LogP contribution in [0, 0.1) is 5.92 Å². The number of methoxy groups -OCH3 is 1. The normalized spacial score (nSPS) is 27.7. The lowest BCUT2D eigenvalue weighted by Crippen LogP contribution is -2.50. The van der Waals surface area contributed by atoms with Gasteiger partial charge in [0.2, 0.25) is 0 Å². The van der Waals surface area contributed by atoms with Crippen LogP contribution in [-0.2, 0) is 17.9 Å². The van der Waals surface area contributed by atoms with Gasteiger partial charge in [-0.05, 0) is 37.4 Å². The van der Waals surface area contributed by atoms with E-state index < -0.39 is 0 Å². The smallest absolute Gasteiger partial charge is 0.0713 e. The Hall–Kier alpha value is -0.900. The highest BCUT2D eigenvalue weighted by Gasteiger charge is 2.28. The van der Waals surface area contributed by atoms with Crippen LogP contribution in [0.2, 0.25) is 0 Å². The van der Waals surface area contributed by atoms with Crippen molar-refractivity contribution in [3.8, 4) is 0 Å². The first kappa shape index (κ1) is 15.5. The summed E-state index contributed by atoms with van der Waals surface area (Å²) in [6, 6.07) is 9.95. The highest BCUT2D eigenvalue weighted by atomic mass is 16.5. The quantitative estimate of drug-likeness (QED) is 0.895. The summed E-state index contributed by atoms with van der Waals surface area (Å²) in [5, 5.41) is 3.74. The van der Waals surface area contributed by atoms with Crippen molar-refractivity contribution in [3.05, 3.63) is 35.4 Å². The zero-order valence-electron chi connectivity index (χ0n) is 13.2. The molecule has 1 fully saturated rings. The van der Waals surface area contributed by atoms with Gasteiger partial charge in [-0.2, -0.15) is 0 Å². The number of nitrogens with one attached hydrogen (secondary N) is 1. The minimum atomic E-state index is 0.618. The predicted octanol–water partition coefficient (Wildman–Crippen LogP) is 2.65. The van der Waals surface area contributed by atoms with E-state index >= 15 is 0 Å². The lowest BCUT2D eigenvalue weighted by atomic mass is 9.89. The second-order valence-corrected chi connectivity index (χ2v) is 6.24. The first-order chi connectivity index (χ1) is 9.60. The number of hydrogen-bond donors (Lipinski definition) is 1. The van der Waals surface area contributed by atoms with Crippen LogP contribution >= 0.6 is 0 Å². The molecule has 1 aromatic rings. The Balaban J connectivity index is 1.89. The molecular weight excluding hydrogens is 248 g/mol. The molecule has 3 nitrogen and oxygen atoms in total. The third kappa shape index (κ3) is 4.05. The molecule has 1 aliphatic heterocycles. The number of rotatable bonds is 5. The number of ether oxygens (including phenoxy) is 1. The van der Waals surface area contributed by atoms with Crippen molar-refractivity contribution in [2.24, 2.45) is 5.92 Å². The molecule has 0 aromatic heterocycles. The van der Waals surface area contributed by atoms with Gasteiger partial charge in [-0.25, -0.2) is 0 Å². The molecule has 0 aliphatic carbocycles. The van der Waals surface area contributed by atoms with Crippen LogP contribution < -0.4 is 5.32 Å². The van der Waals surface area contributed by atoms with E-state index in [0.29, 0.717) is 24.6 Å². The summed E-state index contributed by atoms with van der Waals surface area (Å²) in [5.41, 5.74) is 2.59. The van der Waals surface area contributed by atoms with Gasteiger partial charge in [0.05, 0.1) is 6.61 Å². The monoisotopic (exact) mass is 276 g/mol. The second kappa shape index (κ2) is 7.21. The van der Waals surface area contributed by atoms with E-state index in [1.54, 1.807) is 7.11 Å². The van der Waals surface area contributed by atoms with Crippen LogP contribution in [0.1, 0.15) is 31.4 Å². The summed E-state index contributed by atoms with van der Waals surface area (Å²) >= 11 is 0. The Bertz CT molecular complexity index is 421. The van der Waals surface area contributed by atoms with Gasteiger partial charge in [0.15, 0.2) is 0 Å². The number of nitrogens with zero attached hydrogens (tertiary/aromatic N) is 1. The maximum atomic E-state index is 5.19. The average molecular weight is 276 g/mol. The van der Waals surface area contributed by atoms with Gasteiger partial charge in [-0.1, -0.05) is 31.2 Å². The molecule has 0 radical (unpaired) electrons. The van der Waals surface area contributed by atoms with Gasteiger partial charge in [0.25, 0.3) is 0 Å². The van der Waals surface area contributed by atoms with Crippen LogP contribution in [0.15, 0.2) is 24.3 Å². The van der Waals surface area contributed by atoms with Crippen molar-refractivity contribution >= 4 is 0 Å². The molecule has 0 bridgehead atoms. The van der Waals surface area contributed by atoms with Crippen molar-refractivity contribution in [2.75, 3.05) is 20.7 Å². The van der Waals surface area contributed by atoms with Crippen LogP contribution in [0.4, 0.5) is 0 Å². The van der Waals surface area contributed by atoms with Crippen molar-refractivity contribution < 1.29 is 4.74 Å². The van der Waals surface area contributed by atoms with E-state index in [0.717, 1.165) is 6.54 Å². The van der Waals surface area contributed by atoms with Gasteiger partial charge in [-0.3, -0.25) is 0 Å². The third-order valence-corrected chi connectivity index (χ3v) is 4.48. The molecule has 0 saturated carbocycles. The van der Waals surface area contributed by atoms with Crippen molar-refractivity contribution in [3.63, 3.8) is 0 Å². The van der Waals surface area contributed by atoms with E-state index in [9.17, 15) is 0 Å². The molecule has 1 aromatic carbocycles. The SMILES string of the molecule is COCc1cccc(CNC2CC(C)N(C)CC2C)c1. The molecule has 1 aliphatic rings. The Labute approximate surface area is 123 Å². The van der Waals surface area contributed by atoms with Crippen molar-refractivity contribution in [1.82, 2.24) is 10.2 Å². The molecule has 1 N–H and O–H groups in total. The molecule has 0 amide bonds. The summed E-state index contributed by atoms with van der Waals surface area (Å²) in [7, 11) is 3.97. The molecule has 112 valence electrons. The zero-order valence-corrected chi connectivity index (χ0v) is 13.2. The molecule has 3 heteroatoms. The van der Waals surface area contributed by atoms with Crippen LogP contribution in [0.5, 0.6) is 0 Å². The second-order valence-electron chi connectivity index (χ2n) is 6.24. The van der Waals surface area contributed by atoms with E-state index in [4.69, 9.17) is 4.74 Å². The van der Waals surface area contributed by atoms with Gasteiger partial charge in [-0.15, -0.1) is 0 Å². The van der Waals surface area contributed by atoms with E-state index in [1.807, 2.05) is 0 Å². The number of piperidine rings is 1. The number of likely N-dealkylation sites (tertiary alicyclic amines) is 1. The Kier molecular flexibility index (Phi) is 5.58. The Morgan fingerprint density at radius 2 is 2.05 bits per heavy atom. The molecule has 1 saturated heterocycles. The summed E-state index contributed by atoms with van der Waals surface area (Å²) in [5.74, 6) is 0.707. The van der Waals surface area contributed by atoms with E-state index in [2.05, 4.69) is 55.4 Å². The van der Waals surface area contributed by atoms with Gasteiger partial charge in [0, 0.05) is 32.3 Å². The first-order valence-corrected chi connectivity index (χ1v) is 7.60. The maximum absolute atomic E-state index is 5.19. The summed E-state index contributed by atoms with van der Waals surface area (Å²) < 4.78 is 5.19. The fourth-order valence-corrected chi connectivity index (χ4v) is 3.07. The topological polar surface area (TPSA) is 24.5 Å². The number of benzene rings is 1. The van der Waals surface area contributed by atoms with Crippen LogP contribution in [0.25, 0.3) is 0 Å². The fourth-order valence-electron chi connectivity index (χ4n) is 3.07. The molecular formula is C17H28N2O. The summed E-state index contributed by atoms with van der Waals surface area (Å²) in [6.07, 6.45) is 1.23. The first-order valence-electron chi connectivity index (χ1n) is 7.60. The largest absolute Gasteiger partial charge is 0.380 e. The molecule has 3 unspecified atom stereocenters. The number of hydrogen-bond acceptors (Lipinski definition) is 3. The van der Waals surface area contributed by atoms with Crippen LogP contribution in [0.3, 0.4) is 0 Å². The summed E-state index contributed by atoms with van der Waals surface area (Å²) in [4.78, 5) is 2.46. The average Bonchev–Trinajstić information content (AvgIpc) is 2.42. The van der Waals surface area contributed by atoms with Crippen molar-refractivity contribution in [1.29, 1.82) is 0 Å². The van der Waals surface area contributed by atoms with Crippen LogP contribution in [-0.4, -0.2) is 37.7 Å². The molecule has 0 spiro atoms. The maximum Gasteiger partial charge on any atom is 0.0713 e. The lowest BCUT2D eigenvalue weighted by molar-refractivity contribution is 0.121. The Morgan fingerprint density at radius 1 is 1.30 bits per heavy atom. The van der Waals surface area contributed by atoms with E-state index in [1.165, 1.54) is 24.1 Å². The van der Waals surface area contributed by atoms with E-state index in [-0.39, 0.29) is 0 Å². The highest BCUT2D eigenvalue weighted by Crippen LogP contribution is 2.21.